The van der Waals surface area contributed by atoms with Gasteiger partial charge in [-0.2, -0.15) is 0 Å². The van der Waals surface area contributed by atoms with Gasteiger partial charge in [0.25, 0.3) is 0 Å². The Bertz CT molecular complexity index is 611. The molecule has 0 radical (unpaired) electrons. The van der Waals surface area contributed by atoms with Gasteiger partial charge in [0, 0.05) is 0 Å². The number of hydrogen-bond donors (Lipinski definition) is 1. The SMILES string of the molecule is C[Si](/C=C/C[C@@H]1CCCC[C@H]1O)(c1ccccc1)c1ccccc1. The fourth-order valence-corrected chi connectivity index (χ4v) is 6.96. The summed E-state index contributed by atoms with van der Waals surface area (Å²) in [5, 5.41) is 13.1. The smallest absolute Gasteiger partial charge is 0.137 e. The molecule has 0 spiro atoms. The predicted molar refractivity (Wildman–Crippen MR) is 105 cm³/mol. The van der Waals surface area contributed by atoms with Gasteiger partial charge < -0.3 is 5.11 Å². The number of aliphatic hydroxyl groups excluding tert-OH is 1. The molecule has 1 N–H and O–H groups in total. The standard InChI is InChI=1S/C22H28OSi/c1-24(20-13-4-2-5-14-20,21-15-6-3-7-16-21)18-10-12-19-11-8-9-17-22(19)23/h2-7,10,13-16,18-19,22-23H,8-9,11-12,17H2,1H3/b18-10+/t19-,22+/m0/s1. The third kappa shape index (κ3) is 3.88. The maximum Gasteiger partial charge on any atom is 0.137 e. The van der Waals surface area contributed by atoms with Crippen LogP contribution in [0.1, 0.15) is 32.1 Å². The number of benzene rings is 2. The van der Waals surface area contributed by atoms with Crippen LogP contribution in [0.5, 0.6) is 0 Å². The number of hydrogen-bond acceptors (Lipinski definition) is 1. The zero-order valence-electron chi connectivity index (χ0n) is 14.6. The fourth-order valence-electron chi connectivity index (χ4n) is 3.87. The highest BCUT2D eigenvalue weighted by Crippen LogP contribution is 2.27. The lowest BCUT2D eigenvalue weighted by atomic mass is 9.84. The molecule has 126 valence electrons. The summed E-state index contributed by atoms with van der Waals surface area (Å²) in [6.07, 6.45) is 7.84. The van der Waals surface area contributed by atoms with E-state index in [1.54, 1.807) is 0 Å². The predicted octanol–water partition coefficient (Wildman–Crippen LogP) is 3.92. The molecule has 1 aliphatic carbocycles. The van der Waals surface area contributed by atoms with Crippen molar-refractivity contribution in [3.05, 3.63) is 72.4 Å². The first-order valence-corrected chi connectivity index (χ1v) is 11.7. The number of rotatable bonds is 5. The van der Waals surface area contributed by atoms with Gasteiger partial charge in [-0.15, -0.1) is 0 Å². The molecule has 0 unspecified atom stereocenters. The Morgan fingerprint density at radius 1 is 0.917 bits per heavy atom. The molecule has 0 aliphatic heterocycles. The van der Waals surface area contributed by atoms with E-state index in [1.165, 1.54) is 29.6 Å². The Morgan fingerprint density at radius 2 is 1.46 bits per heavy atom. The van der Waals surface area contributed by atoms with Gasteiger partial charge >= 0.3 is 0 Å². The fraction of sp³-hybridized carbons (Fsp3) is 0.364. The first-order chi connectivity index (χ1) is 11.7. The van der Waals surface area contributed by atoms with Crippen molar-refractivity contribution in [3.8, 4) is 0 Å². The zero-order chi connectivity index (χ0) is 16.8. The molecule has 1 nitrogen and oxygen atoms in total. The summed E-state index contributed by atoms with van der Waals surface area (Å²) in [6.45, 7) is 2.42. The normalized spacial score (nSPS) is 21.9. The van der Waals surface area contributed by atoms with Gasteiger partial charge in [0.1, 0.15) is 8.07 Å². The molecule has 24 heavy (non-hydrogen) atoms. The average Bonchev–Trinajstić information content (AvgIpc) is 2.64. The molecule has 0 aromatic heterocycles. The van der Waals surface area contributed by atoms with E-state index in [-0.39, 0.29) is 6.10 Å². The van der Waals surface area contributed by atoms with Gasteiger partial charge in [0.2, 0.25) is 0 Å². The highest BCUT2D eigenvalue weighted by atomic mass is 28.3. The molecule has 0 bridgehead atoms. The Morgan fingerprint density at radius 3 is 2.00 bits per heavy atom. The third-order valence-electron chi connectivity index (χ3n) is 5.51. The van der Waals surface area contributed by atoms with Gasteiger partial charge in [-0.05, 0) is 25.2 Å². The monoisotopic (exact) mass is 336 g/mol. The molecule has 0 heterocycles. The van der Waals surface area contributed by atoms with Crippen molar-refractivity contribution in [1.82, 2.24) is 0 Å². The molecule has 2 heteroatoms. The van der Waals surface area contributed by atoms with Gasteiger partial charge in [0.15, 0.2) is 0 Å². The van der Waals surface area contributed by atoms with Crippen LogP contribution in [0.3, 0.4) is 0 Å². The lowest BCUT2D eigenvalue weighted by Gasteiger charge is -2.28. The lowest BCUT2D eigenvalue weighted by molar-refractivity contribution is 0.0714. The van der Waals surface area contributed by atoms with Crippen molar-refractivity contribution in [2.45, 2.75) is 44.8 Å². The summed E-state index contributed by atoms with van der Waals surface area (Å²) in [5.41, 5.74) is 2.47. The second-order valence-corrected chi connectivity index (χ2v) is 11.1. The Hall–Kier alpha value is -1.64. The van der Waals surface area contributed by atoms with Crippen LogP contribution >= 0.6 is 0 Å². The topological polar surface area (TPSA) is 20.2 Å². The second kappa shape index (κ2) is 7.95. The summed E-state index contributed by atoms with van der Waals surface area (Å²) < 4.78 is 0. The first kappa shape index (κ1) is 17.2. The van der Waals surface area contributed by atoms with Crippen LogP contribution in [0.2, 0.25) is 6.55 Å². The molecular weight excluding hydrogens is 308 g/mol. The van der Waals surface area contributed by atoms with Crippen molar-refractivity contribution in [1.29, 1.82) is 0 Å². The van der Waals surface area contributed by atoms with Crippen LogP contribution < -0.4 is 10.4 Å². The number of aliphatic hydroxyl groups is 1. The van der Waals surface area contributed by atoms with E-state index in [0.717, 1.165) is 12.8 Å². The average molecular weight is 337 g/mol. The summed E-state index contributed by atoms with van der Waals surface area (Å²) in [7, 11) is -1.87. The van der Waals surface area contributed by atoms with Crippen LogP contribution in [0.15, 0.2) is 72.4 Å². The molecule has 3 rings (SSSR count). The van der Waals surface area contributed by atoms with E-state index in [9.17, 15) is 5.11 Å². The van der Waals surface area contributed by atoms with E-state index in [1.807, 2.05) is 0 Å². The molecule has 1 saturated carbocycles. The first-order valence-electron chi connectivity index (χ1n) is 9.17. The van der Waals surface area contributed by atoms with Crippen molar-refractivity contribution >= 4 is 18.4 Å². The summed E-state index contributed by atoms with van der Waals surface area (Å²) in [4.78, 5) is 0. The van der Waals surface area contributed by atoms with Gasteiger partial charge in [-0.25, -0.2) is 0 Å². The molecule has 1 aliphatic rings. The second-order valence-electron chi connectivity index (χ2n) is 7.18. The van der Waals surface area contributed by atoms with Crippen molar-refractivity contribution < 1.29 is 5.11 Å². The van der Waals surface area contributed by atoms with Crippen LogP contribution in [-0.4, -0.2) is 19.3 Å². The maximum absolute atomic E-state index is 10.2. The van der Waals surface area contributed by atoms with E-state index in [0.29, 0.717) is 5.92 Å². The summed E-state index contributed by atoms with van der Waals surface area (Å²) >= 11 is 0. The van der Waals surface area contributed by atoms with Crippen molar-refractivity contribution in [3.63, 3.8) is 0 Å². The molecule has 1 fully saturated rings. The molecular formula is C22H28OSi. The molecule has 2 aromatic carbocycles. The molecule has 2 atom stereocenters. The maximum atomic E-state index is 10.2. The number of allylic oxidation sites excluding steroid dienone is 1. The van der Waals surface area contributed by atoms with Gasteiger partial charge in [-0.3, -0.25) is 0 Å². The van der Waals surface area contributed by atoms with Crippen molar-refractivity contribution in [2.75, 3.05) is 0 Å². The Kier molecular flexibility index (Phi) is 5.70. The van der Waals surface area contributed by atoms with Gasteiger partial charge in [0.05, 0.1) is 6.10 Å². The molecule has 0 amide bonds. The van der Waals surface area contributed by atoms with E-state index in [4.69, 9.17) is 0 Å². The zero-order valence-corrected chi connectivity index (χ0v) is 15.6. The highest BCUT2D eigenvalue weighted by molar-refractivity contribution is 7.05. The minimum atomic E-state index is -1.87. The quantitative estimate of drug-likeness (QED) is 0.821. The van der Waals surface area contributed by atoms with E-state index in [2.05, 4.69) is 79.0 Å². The van der Waals surface area contributed by atoms with Crippen LogP contribution in [-0.2, 0) is 0 Å². The highest BCUT2D eigenvalue weighted by Gasteiger charge is 2.29. The van der Waals surface area contributed by atoms with Crippen LogP contribution in [0.4, 0.5) is 0 Å². The third-order valence-corrected chi connectivity index (χ3v) is 9.47. The van der Waals surface area contributed by atoms with Gasteiger partial charge in [-0.1, -0.05) is 102 Å². The summed E-state index contributed by atoms with van der Waals surface area (Å²) in [6, 6.07) is 21.8. The van der Waals surface area contributed by atoms with Crippen LogP contribution in [0, 0.1) is 5.92 Å². The Balaban J connectivity index is 1.84. The van der Waals surface area contributed by atoms with E-state index >= 15 is 0 Å². The summed E-state index contributed by atoms with van der Waals surface area (Å²) in [5.74, 6) is 0.444. The largest absolute Gasteiger partial charge is 0.393 e. The van der Waals surface area contributed by atoms with Crippen LogP contribution in [0.25, 0.3) is 0 Å². The minimum Gasteiger partial charge on any atom is -0.393 e. The molecule has 2 aromatic rings. The lowest BCUT2D eigenvalue weighted by Crippen LogP contribution is -2.54. The van der Waals surface area contributed by atoms with E-state index < -0.39 is 8.07 Å². The molecule has 0 saturated heterocycles. The van der Waals surface area contributed by atoms with Crippen molar-refractivity contribution in [2.24, 2.45) is 5.92 Å². The Labute approximate surface area is 147 Å². The minimum absolute atomic E-state index is 0.107.